The van der Waals surface area contributed by atoms with Gasteiger partial charge >= 0.3 is 6.03 Å². The van der Waals surface area contributed by atoms with Gasteiger partial charge in [0.15, 0.2) is 0 Å². The molecule has 1 aliphatic heterocycles. The van der Waals surface area contributed by atoms with Crippen molar-refractivity contribution in [3.8, 4) is 6.07 Å². The Morgan fingerprint density at radius 2 is 1.78 bits per heavy atom. The summed E-state index contributed by atoms with van der Waals surface area (Å²) in [6, 6.07) is 17.9. The van der Waals surface area contributed by atoms with E-state index < -0.39 is 23.1 Å². The molecule has 0 aliphatic carbocycles. The maximum absolute atomic E-state index is 12.7. The highest BCUT2D eigenvalue weighted by atomic mass is 32.2. The first kappa shape index (κ1) is 18.5. The second-order valence-corrected chi connectivity index (χ2v) is 7.31. The molecule has 4 N–H and O–H groups in total. The summed E-state index contributed by atoms with van der Waals surface area (Å²) in [5.74, 6) is -0.989. The zero-order chi connectivity index (χ0) is 19.4. The number of hydrogen-bond donors (Lipinski definition) is 3. The van der Waals surface area contributed by atoms with E-state index in [1.807, 2.05) is 37.3 Å². The van der Waals surface area contributed by atoms with Crippen LogP contribution in [0.15, 0.2) is 65.2 Å². The number of hydrogen-bond acceptors (Lipinski definition) is 5. The molecule has 1 heterocycles. The summed E-state index contributed by atoms with van der Waals surface area (Å²) in [5, 5.41) is 14.1. The fraction of sp³-hybridized carbons (Fsp3) is 0.150. The lowest BCUT2D eigenvalue weighted by molar-refractivity contribution is -0.119. The number of para-hydroxylation sites is 1. The van der Waals surface area contributed by atoms with Crippen molar-refractivity contribution in [1.82, 2.24) is 5.32 Å². The van der Waals surface area contributed by atoms with Gasteiger partial charge in [0.05, 0.1) is 16.7 Å². The van der Waals surface area contributed by atoms with Crippen LogP contribution in [0, 0.1) is 18.3 Å². The van der Waals surface area contributed by atoms with Crippen LogP contribution < -0.4 is 16.4 Å². The normalized spacial score (nSPS) is 18.7. The maximum atomic E-state index is 12.7. The van der Waals surface area contributed by atoms with Crippen molar-refractivity contribution in [1.29, 1.82) is 5.26 Å². The van der Waals surface area contributed by atoms with Crippen LogP contribution in [0.2, 0.25) is 0 Å². The number of carbonyl (C=O) groups is 2. The summed E-state index contributed by atoms with van der Waals surface area (Å²) in [5.41, 5.74) is 8.79. The average Bonchev–Trinajstić information content (AvgIpc) is 2.99. The van der Waals surface area contributed by atoms with Crippen molar-refractivity contribution in [2.24, 2.45) is 5.73 Å². The van der Waals surface area contributed by atoms with Crippen LogP contribution in [0.3, 0.4) is 0 Å². The second-order valence-electron chi connectivity index (χ2n) is 6.13. The molecule has 3 amide bonds. The van der Waals surface area contributed by atoms with Crippen molar-refractivity contribution in [2.75, 3.05) is 5.32 Å². The van der Waals surface area contributed by atoms with Crippen LogP contribution in [-0.4, -0.2) is 17.2 Å². The third-order valence-electron chi connectivity index (χ3n) is 4.22. The Kier molecular flexibility index (Phi) is 5.48. The number of urea groups is 1. The molecule has 2 aromatic rings. The molecular weight excluding hydrogens is 360 g/mol. The van der Waals surface area contributed by atoms with Gasteiger partial charge in [-0.2, -0.15) is 5.26 Å². The van der Waals surface area contributed by atoms with Crippen molar-refractivity contribution in [3.05, 3.63) is 76.3 Å². The summed E-state index contributed by atoms with van der Waals surface area (Å²) in [7, 11) is 0. The Labute approximate surface area is 161 Å². The molecule has 6 nitrogen and oxygen atoms in total. The first-order chi connectivity index (χ1) is 13.0. The van der Waals surface area contributed by atoms with Crippen LogP contribution in [0.4, 0.5) is 10.5 Å². The number of thioether (sulfide) groups is 1. The van der Waals surface area contributed by atoms with Gasteiger partial charge in [-0.05, 0) is 24.6 Å². The summed E-state index contributed by atoms with van der Waals surface area (Å²) in [6.07, 6.45) is 0. The third-order valence-corrected chi connectivity index (χ3v) is 5.43. The minimum absolute atomic E-state index is 0.312. The van der Waals surface area contributed by atoms with E-state index in [1.54, 1.807) is 24.3 Å². The zero-order valence-corrected chi connectivity index (χ0v) is 15.4. The first-order valence-corrected chi connectivity index (χ1v) is 9.17. The number of nitriles is 1. The molecular formula is C20H18N4O2S. The predicted molar refractivity (Wildman–Crippen MR) is 106 cm³/mol. The number of imide groups is 1. The van der Waals surface area contributed by atoms with Gasteiger partial charge in [0.25, 0.3) is 0 Å². The molecule has 136 valence electrons. The monoisotopic (exact) mass is 378 g/mol. The van der Waals surface area contributed by atoms with E-state index in [-0.39, 0.29) is 0 Å². The Morgan fingerprint density at radius 3 is 2.41 bits per heavy atom. The predicted octanol–water partition coefficient (Wildman–Crippen LogP) is 3.24. The molecule has 3 rings (SSSR count). The quantitative estimate of drug-likeness (QED) is 0.760. The Bertz CT molecular complexity index is 933. The first-order valence-electron chi connectivity index (χ1n) is 8.29. The highest BCUT2D eigenvalue weighted by Gasteiger charge is 2.41. The van der Waals surface area contributed by atoms with Crippen LogP contribution in [0.5, 0.6) is 0 Å². The highest BCUT2D eigenvalue weighted by molar-refractivity contribution is 8.04. The van der Waals surface area contributed by atoms with E-state index in [0.717, 1.165) is 22.9 Å². The number of nitrogens with two attached hydrogens (primary N) is 1. The molecule has 0 bridgehead atoms. The number of amides is 3. The van der Waals surface area contributed by atoms with Crippen molar-refractivity contribution in [3.63, 3.8) is 0 Å². The molecule has 2 aromatic carbocycles. The van der Waals surface area contributed by atoms with E-state index in [0.29, 0.717) is 16.3 Å². The minimum Gasteiger partial charge on any atom is -0.393 e. The molecule has 1 aliphatic rings. The Balaban J connectivity index is 1.77. The molecule has 7 heteroatoms. The van der Waals surface area contributed by atoms with Crippen LogP contribution in [0.1, 0.15) is 17.0 Å². The molecule has 27 heavy (non-hydrogen) atoms. The number of allylic oxidation sites excluding steroid dienone is 1. The largest absolute Gasteiger partial charge is 0.393 e. The third kappa shape index (κ3) is 4.13. The molecule has 0 spiro atoms. The van der Waals surface area contributed by atoms with Gasteiger partial charge in [-0.3, -0.25) is 10.1 Å². The fourth-order valence-electron chi connectivity index (χ4n) is 2.88. The lowest BCUT2D eigenvalue weighted by Gasteiger charge is -2.19. The smallest absolute Gasteiger partial charge is 0.325 e. The second kappa shape index (κ2) is 7.98. The maximum Gasteiger partial charge on any atom is 0.325 e. The van der Waals surface area contributed by atoms with Gasteiger partial charge in [-0.25, -0.2) is 4.79 Å². The summed E-state index contributed by atoms with van der Waals surface area (Å²) in [4.78, 5) is 24.9. The zero-order valence-electron chi connectivity index (χ0n) is 14.6. The summed E-state index contributed by atoms with van der Waals surface area (Å²) < 4.78 is 0. The lowest BCUT2D eigenvalue weighted by Crippen LogP contribution is -2.41. The molecule has 0 radical (unpaired) electrons. The molecule has 0 aromatic heterocycles. The van der Waals surface area contributed by atoms with E-state index in [4.69, 9.17) is 5.73 Å². The van der Waals surface area contributed by atoms with Crippen molar-refractivity contribution >= 4 is 29.4 Å². The lowest BCUT2D eigenvalue weighted by atomic mass is 9.88. The molecule has 2 unspecified atom stereocenters. The van der Waals surface area contributed by atoms with Gasteiger partial charge in [0.1, 0.15) is 5.25 Å². The topological polar surface area (TPSA) is 108 Å². The number of rotatable bonds is 3. The Hall–Kier alpha value is -3.24. The van der Waals surface area contributed by atoms with E-state index >= 15 is 0 Å². The number of anilines is 1. The number of nitrogens with zero attached hydrogens (tertiary/aromatic N) is 1. The van der Waals surface area contributed by atoms with Gasteiger partial charge < -0.3 is 11.1 Å². The number of carbonyl (C=O) groups excluding carboxylic acids is 2. The molecule has 2 atom stereocenters. The summed E-state index contributed by atoms with van der Waals surface area (Å²) >= 11 is 1.10. The van der Waals surface area contributed by atoms with Crippen LogP contribution >= 0.6 is 11.8 Å². The molecule has 0 saturated heterocycles. The van der Waals surface area contributed by atoms with E-state index in [9.17, 15) is 14.9 Å². The molecule has 0 saturated carbocycles. The van der Waals surface area contributed by atoms with Crippen LogP contribution in [-0.2, 0) is 4.79 Å². The molecule has 0 fully saturated rings. The SMILES string of the molecule is Cc1ccc(C2C(C#N)=C(N)SC2C(=O)NC(=O)Nc2ccccc2)cc1. The highest BCUT2D eigenvalue weighted by Crippen LogP contribution is 2.45. The Morgan fingerprint density at radius 1 is 1.11 bits per heavy atom. The fourth-order valence-corrected chi connectivity index (χ4v) is 4.05. The standard InChI is InChI=1S/C20H18N4O2S/c1-12-7-9-13(10-8-12)16-15(11-21)18(22)27-17(16)19(25)24-20(26)23-14-5-3-2-4-6-14/h2-10,16-17H,22H2,1H3,(H2,23,24,25,26). The van der Waals surface area contributed by atoms with Gasteiger partial charge in [0.2, 0.25) is 5.91 Å². The minimum atomic E-state index is -0.691. The van der Waals surface area contributed by atoms with E-state index in [1.165, 1.54) is 0 Å². The number of aryl methyl sites for hydroxylation is 1. The van der Waals surface area contributed by atoms with Crippen LogP contribution in [0.25, 0.3) is 0 Å². The van der Waals surface area contributed by atoms with Gasteiger partial charge in [-0.1, -0.05) is 59.8 Å². The number of nitrogens with one attached hydrogen (secondary N) is 2. The van der Waals surface area contributed by atoms with Gasteiger partial charge in [-0.15, -0.1) is 0 Å². The van der Waals surface area contributed by atoms with E-state index in [2.05, 4.69) is 16.7 Å². The van der Waals surface area contributed by atoms with Crippen molar-refractivity contribution < 1.29 is 9.59 Å². The number of benzene rings is 2. The van der Waals surface area contributed by atoms with Gasteiger partial charge in [0, 0.05) is 11.6 Å². The summed E-state index contributed by atoms with van der Waals surface area (Å²) in [6.45, 7) is 1.96. The average molecular weight is 378 g/mol. The van der Waals surface area contributed by atoms with Crippen molar-refractivity contribution in [2.45, 2.75) is 18.1 Å².